The number of carbonyl (C=O) groups is 1. The monoisotopic (exact) mass is 254 g/mol. The number of amides is 2. The van der Waals surface area contributed by atoms with E-state index in [0.29, 0.717) is 0 Å². The highest BCUT2D eigenvalue weighted by molar-refractivity contribution is 5.87. The fraction of sp³-hybridized carbons (Fsp3) is 0.111. The molecule has 2 amide bonds. The van der Waals surface area contributed by atoms with Crippen LogP contribution in [-0.2, 0) is 0 Å². The van der Waals surface area contributed by atoms with Crippen molar-refractivity contribution in [2.75, 3.05) is 7.11 Å². The molecule has 0 aromatic heterocycles. The van der Waals surface area contributed by atoms with E-state index in [9.17, 15) is 20.0 Å². The van der Waals surface area contributed by atoms with Gasteiger partial charge in [-0.1, -0.05) is 0 Å². The van der Waals surface area contributed by atoms with E-state index < -0.39 is 11.0 Å². The van der Waals surface area contributed by atoms with Crippen molar-refractivity contribution in [2.45, 2.75) is 0 Å². The molecule has 0 unspecified atom stereocenters. The Morgan fingerprint density at radius 2 is 2.33 bits per heavy atom. The average molecular weight is 254 g/mol. The van der Waals surface area contributed by atoms with Gasteiger partial charge in [-0.15, -0.1) is 0 Å². The first-order valence-corrected chi connectivity index (χ1v) is 4.59. The Bertz CT molecular complexity index is 514. The third kappa shape index (κ3) is 3.07. The van der Waals surface area contributed by atoms with Crippen LogP contribution in [0.15, 0.2) is 17.2 Å². The molecule has 1 aromatic rings. The summed E-state index contributed by atoms with van der Waals surface area (Å²) >= 11 is 0. The fourth-order valence-electron chi connectivity index (χ4n) is 1.14. The van der Waals surface area contributed by atoms with Crippen molar-refractivity contribution in [3.8, 4) is 11.5 Å². The van der Waals surface area contributed by atoms with E-state index in [1.165, 1.54) is 7.11 Å². The van der Waals surface area contributed by atoms with Gasteiger partial charge in [-0.05, 0) is 0 Å². The number of methoxy groups -OCH3 is 1. The molecule has 0 fully saturated rings. The first-order chi connectivity index (χ1) is 8.45. The van der Waals surface area contributed by atoms with Crippen molar-refractivity contribution >= 4 is 17.9 Å². The number of benzene rings is 1. The number of hydrazone groups is 1. The SMILES string of the molecule is COc1cc([N+](=O)[O-])cc(C=NNC(N)=O)c1O. The lowest BCUT2D eigenvalue weighted by atomic mass is 10.2. The van der Waals surface area contributed by atoms with Crippen LogP contribution in [0.3, 0.4) is 0 Å². The second-order valence-electron chi connectivity index (χ2n) is 3.08. The maximum absolute atomic E-state index is 10.6. The third-order valence-corrected chi connectivity index (χ3v) is 1.90. The summed E-state index contributed by atoms with van der Waals surface area (Å²) in [6, 6.07) is 1.24. The van der Waals surface area contributed by atoms with Crippen molar-refractivity contribution in [2.24, 2.45) is 10.8 Å². The molecule has 0 aliphatic carbocycles. The van der Waals surface area contributed by atoms with Gasteiger partial charge in [0.1, 0.15) is 0 Å². The van der Waals surface area contributed by atoms with Gasteiger partial charge in [0.05, 0.1) is 24.3 Å². The minimum atomic E-state index is -0.900. The lowest BCUT2D eigenvalue weighted by molar-refractivity contribution is -0.385. The highest BCUT2D eigenvalue weighted by Crippen LogP contribution is 2.33. The quantitative estimate of drug-likeness (QED) is 0.403. The number of rotatable bonds is 4. The number of aromatic hydroxyl groups is 1. The Hall–Kier alpha value is -2.84. The van der Waals surface area contributed by atoms with Gasteiger partial charge in [-0.3, -0.25) is 10.1 Å². The number of carbonyl (C=O) groups excluding carboxylic acids is 1. The maximum atomic E-state index is 10.6. The zero-order valence-electron chi connectivity index (χ0n) is 9.28. The van der Waals surface area contributed by atoms with Crippen LogP contribution in [0.5, 0.6) is 11.5 Å². The predicted octanol–water partition coefficient (Wildman–Crippen LogP) is 0.311. The molecule has 0 saturated heterocycles. The molecule has 18 heavy (non-hydrogen) atoms. The summed E-state index contributed by atoms with van der Waals surface area (Å²) in [6.45, 7) is 0. The maximum Gasteiger partial charge on any atom is 0.332 e. The predicted molar refractivity (Wildman–Crippen MR) is 61.6 cm³/mol. The van der Waals surface area contributed by atoms with Crippen LogP contribution in [0.4, 0.5) is 10.5 Å². The van der Waals surface area contributed by atoms with Gasteiger partial charge in [-0.25, -0.2) is 10.2 Å². The van der Waals surface area contributed by atoms with Crippen molar-refractivity contribution in [1.82, 2.24) is 5.43 Å². The second kappa shape index (κ2) is 5.48. The number of hydrogen-bond donors (Lipinski definition) is 3. The summed E-state index contributed by atoms with van der Waals surface area (Å²) in [5, 5.41) is 23.7. The lowest BCUT2D eigenvalue weighted by Gasteiger charge is -2.05. The first-order valence-electron chi connectivity index (χ1n) is 4.59. The van der Waals surface area contributed by atoms with Crippen molar-refractivity contribution < 1.29 is 19.6 Å². The van der Waals surface area contributed by atoms with Gasteiger partial charge in [0.2, 0.25) is 0 Å². The molecule has 0 saturated carbocycles. The third-order valence-electron chi connectivity index (χ3n) is 1.90. The van der Waals surface area contributed by atoms with E-state index in [-0.39, 0.29) is 22.7 Å². The molecular formula is C9H10N4O5. The highest BCUT2D eigenvalue weighted by atomic mass is 16.6. The zero-order valence-corrected chi connectivity index (χ0v) is 9.28. The molecule has 0 radical (unpaired) electrons. The first kappa shape index (κ1) is 13.2. The number of ether oxygens (including phenoxy) is 1. The normalized spacial score (nSPS) is 10.3. The average Bonchev–Trinajstić information content (AvgIpc) is 2.30. The van der Waals surface area contributed by atoms with E-state index in [2.05, 4.69) is 5.10 Å². The van der Waals surface area contributed by atoms with Crippen LogP contribution in [-0.4, -0.2) is 29.4 Å². The number of hydrogen-bond acceptors (Lipinski definition) is 6. The minimum absolute atomic E-state index is 0.00907. The minimum Gasteiger partial charge on any atom is -0.504 e. The van der Waals surface area contributed by atoms with E-state index in [1.807, 2.05) is 5.43 Å². The Morgan fingerprint density at radius 3 is 2.83 bits per heavy atom. The Morgan fingerprint density at radius 1 is 1.67 bits per heavy atom. The number of nitro groups is 1. The molecule has 1 rings (SSSR count). The van der Waals surface area contributed by atoms with E-state index in [0.717, 1.165) is 18.3 Å². The van der Waals surface area contributed by atoms with Crippen molar-refractivity contribution in [1.29, 1.82) is 0 Å². The number of primary amides is 1. The lowest BCUT2D eigenvalue weighted by Crippen LogP contribution is -2.24. The zero-order chi connectivity index (χ0) is 13.7. The van der Waals surface area contributed by atoms with E-state index >= 15 is 0 Å². The van der Waals surface area contributed by atoms with Crippen LogP contribution < -0.4 is 15.9 Å². The largest absolute Gasteiger partial charge is 0.504 e. The number of nitrogens with zero attached hydrogens (tertiary/aromatic N) is 2. The summed E-state index contributed by atoms with van der Waals surface area (Å²) in [4.78, 5) is 20.4. The molecule has 0 spiro atoms. The smallest absolute Gasteiger partial charge is 0.332 e. The summed E-state index contributed by atoms with van der Waals surface area (Å²) < 4.78 is 4.78. The molecule has 0 heterocycles. The topological polar surface area (TPSA) is 140 Å². The molecule has 0 bridgehead atoms. The van der Waals surface area contributed by atoms with Gasteiger partial charge >= 0.3 is 6.03 Å². The standard InChI is InChI=1S/C9H10N4O5/c1-18-7-3-6(13(16)17)2-5(8(7)14)4-11-12-9(10)15/h2-4,14H,1H3,(H3,10,12,15). The number of nitrogens with two attached hydrogens (primary N) is 1. The number of phenols is 1. The van der Waals surface area contributed by atoms with E-state index in [1.54, 1.807) is 0 Å². The molecule has 4 N–H and O–H groups in total. The summed E-state index contributed by atoms with van der Waals surface area (Å²) in [5.74, 6) is -0.414. The van der Waals surface area contributed by atoms with Gasteiger partial charge in [0.25, 0.3) is 5.69 Å². The second-order valence-corrected chi connectivity index (χ2v) is 3.08. The Labute approximate surface area is 101 Å². The Kier molecular flexibility index (Phi) is 4.02. The fourth-order valence-corrected chi connectivity index (χ4v) is 1.14. The van der Waals surface area contributed by atoms with E-state index in [4.69, 9.17) is 10.5 Å². The number of nitrogens with one attached hydrogen (secondary N) is 1. The molecule has 0 aliphatic heterocycles. The molecular weight excluding hydrogens is 244 g/mol. The van der Waals surface area contributed by atoms with Crippen LogP contribution in [0, 0.1) is 10.1 Å². The number of non-ortho nitro benzene ring substituents is 1. The van der Waals surface area contributed by atoms with Gasteiger partial charge < -0.3 is 15.6 Å². The molecule has 1 aromatic carbocycles. The van der Waals surface area contributed by atoms with Crippen LogP contribution in [0.1, 0.15) is 5.56 Å². The van der Waals surface area contributed by atoms with Crippen LogP contribution in [0.25, 0.3) is 0 Å². The van der Waals surface area contributed by atoms with Gasteiger partial charge in [0.15, 0.2) is 11.5 Å². The highest BCUT2D eigenvalue weighted by Gasteiger charge is 2.15. The molecule has 0 aliphatic rings. The summed E-state index contributed by atoms with van der Waals surface area (Å²) in [6.07, 6.45) is 1.01. The number of urea groups is 1. The van der Waals surface area contributed by atoms with Crippen LogP contribution in [0.2, 0.25) is 0 Å². The van der Waals surface area contributed by atoms with Crippen LogP contribution >= 0.6 is 0 Å². The molecule has 96 valence electrons. The number of phenolic OH excluding ortho intramolecular Hbond substituents is 1. The Balaban J connectivity index is 3.16. The van der Waals surface area contributed by atoms with Gasteiger partial charge in [-0.2, -0.15) is 5.10 Å². The molecule has 9 nitrogen and oxygen atoms in total. The van der Waals surface area contributed by atoms with Crippen molar-refractivity contribution in [3.05, 3.63) is 27.8 Å². The summed E-state index contributed by atoms with van der Waals surface area (Å²) in [7, 11) is 1.25. The van der Waals surface area contributed by atoms with Crippen molar-refractivity contribution in [3.63, 3.8) is 0 Å². The molecule has 0 atom stereocenters. The van der Waals surface area contributed by atoms with Gasteiger partial charge in [0, 0.05) is 11.6 Å². The number of nitro benzene ring substituents is 1. The molecule has 9 heteroatoms. The summed E-state index contributed by atoms with van der Waals surface area (Å²) in [5.41, 5.74) is 6.39.